The number of aromatic nitrogens is 2. The Hall–Kier alpha value is -2.43. The maximum Gasteiger partial charge on any atom is 0.270 e. The Morgan fingerprint density at radius 2 is 1.86 bits per heavy atom. The number of rotatable bonds is 6. The Labute approximate surface area is 125 Å². The van der Waals surface area contributed by atoms with Crippen molar-refractivity contribution in [3.05, 3.63) is 54.0 Å². The van der Waals surface area contributed by atoms with E-state index >= 15 is 0 Å². The van der Waals surface area contributed by atoms with E-state index < -0.39 is 0 Å². The number of nitrogens with one attached hydrogen (secondary N) is 1. The van der Waals surface area contributed by atoms with Gasteiger partial charge in [-0.3, -0.25) is 4.79 Å². The molecule has 0 aliphatic carbocycles. The van der Waals surface area contributed by atoms with Crippen LogP contribution in [-0.4, -0.2) is 29.0 Å². The number of hydrogen-bond donors (Lipinski definition) is 1. The monoisotopic (exact) mass is 284 g/mol. The van der Waals surface area contributed by atoms with Gasteiger partial charge in [-0.2, -0.15) is 0 Å². The fourth-order valence-electron chi connectivity index (χ4n) is 2.06. The summed E-state index contributed by atoms with van der Waals surface area (Å²) in [6, 6.07) is 11.5. The molecule has 0 aliphatic rings. The lowest BCUT2D eigenvalue weighted by atomic mass is 10.2. The highest BCUT2D eigenvalue weighted by molar-refractivity contribution is 5.92. The van der Waals surface area contributed by atoms with Crippen molar-refractivity contribution < 1.29 is 4.79 Å². The largest absolute Gasteiger partial charge is 0.357 e. The average Bonchev–Trinajstić information content (AvgIpc) is 2.55. The molecule has 0 fully saturated rings. The van der Waals surface area contributed by atoms with Crippen LogP contribution < -0.4 is 10.2 Å². The minimum absolute atomic E-state index is 0.186. The lowest BCUT2D eigenvalue weighted by Gasteiger charge is -2.19. The SMILES string of the molecule is CCN(CC)c1cc(C(=O)NCc2ccccc2)ncn1. The predicted octanol–water partition coefficient (Wildman–Crippen LogP) is 2.25. The minimum atomic E-state index is -0.186. The zero-order valence-electron chi connectivity index (χ0n) is 12.4. The molecule has 1 aromatic carbocycles. The Kier molecular flexibility index (Phi) is 5.26. The molecule has 2 aromatic rings. The smallest absolute Gasteiger partial charge is 0.270 e. The topological polar surface area (TPSA) is 58.1 Å². The number of carbonyl (C=O) groups is 1. The molecule has 5 nitrogen and oxygen atoms in total. The van der Waals surface area contributed by atoms with E-state index in [9.17, 15) is 4.79 Å². The van der Waals surface area contributed by atoms with Gasteiger partial charge in [0.05, 0.1) is 0 Å². The van der Waals surface area contributed by atoms with Crippen LogP contribution in [0.4, 0.5) is 5.82 Å². The van der Waals surface area contributed by atoms with Crippen LogP contribution in [0.2, 0.25) is 0 Å². The summed E-state index contributed by atoms with van der Waals surface area (Å²) in [6.45, 7) is 6.29. The van der Waals surface area contributed by atoms with E-state index in [1.54, 1.807) is 6.07 Å². The first-order valence-corrected chi connectivity index (χ1v) is 7.13. The Morgan fingerprint density at radius 3 is 2.52 bits per heavy atom. The van der Waals surface area contributed by atoms with Gasteiger partial charge >= 0.3 is 0 Å². The quantitative estimate of drug-likeness (QED) is 0.884. The van der Waals surface area contributed by atoms with Crippen LogP contribution in [0.5, 0.6) is 0 Å². The van der Waals surface area contributed by atoms with Crippen LogP contribution in [0, 0.1) is 0 Å². The van der Waals surface area contributed by atoms with Gasteiger partial charge in [0.1, 0.15) is 17.8 Å². The van der Waals surface area contributed by atoms with Crippen molar-refractivity contribution in [2.45, 2.75) is 20.4 Å². The molecule has 1 aromatic heterocycles. The third-order valence-electron chi connectivity index (χ3n) is 3.27. The summed E-state index contributed by atoms with van der Waals surface area (Å²) in [4.78, 5) is 22.5. The van der Waals surface area contributed by atoms with Crippen LogP contribution in [0.25, 0.3) is 0 Å². The van der Waals surface area contributed by atoms with Crippen molar-refractivity contribution in [1.29, 1.82) is 0 Å². The first-order chi connectivity index (χ1) is 10.2. The number of benzene rings is 1. The number of hydrogen-bond acceptors (Lipinski definition) is 4. The second-order valence-corrected chi connectivity index (χ2v) is 4.60. The summed E-state index contributed by atoms with van der Waals surface area (Å²) < 4.78 is 0. The minimum Gasteiger partial charge on any atom is -0.357 e. The normalized spacial score (nSPS) is 10.2. The van der Waals surface area contributed by atoms with Crippen LogP contribution in [-0.2, 0) is 6.54 Å². The maximum absolute atomic E-state index is 12.1. The van der Waals surface area contributed by atoms with Crippen molar-refractivity contribution in [2.24, 2.45) is 0 Å². The van der Waals surface area contributed by atoms with E-state index in [-0.39, 0.29) is 5.91 Å². The predicted molar refractivity (Wildman–Crippen MR) is 83.2 cm³/mol. The highest BCUT2D eigenvalue weighted by Crippen LogP contribution is 2.10. The van der Waals surface area contributed by atoms with Gasteiger partial charge in [0.25, 0.3) is 5.91 Å². The molecule has 0 atom stereocenters. The molecular weight excluding hydrogens is 264 g/mol. The number of nitrogens with zero attached hydrogens (tertiary/aromatic N) is 3. The van der Waals surface area contributed by atoms with Crippen molar-refractivity contribution in [2.75, 3.05) is 18.0 Å². The van der Waals surface area contributed by atoms with Gasteiger partial charge in [-0.1, -0.05) is 30.3 Å². The fraction of sp³-hybridized carbons (Fsp3) is 0.312. The van der Waals surface area contributed by atoms with Crippen LogP contribution in [0.15, 0.2) is 42.7 Å². The maximum atomic E-state index is 12.1. The summed E-state index contributed by atoms with van der Waals surface area (Å²) in [7, 11) is 0. The molecule has 110 valence electrons. The van der Waals surface area contributed by atoms with E-state index in [4.69, 9.17) is 0 Å². The van der Waals surface area contributed by atoms with Crippen LogP contribution in [0.1, 0.15) is 29.9 Å². The Balaban J connectivity index is 2.04. The summed E-state index contributed by atoms with van der Waals surface area (Å²) in [6.07, 6.45) is 1.44. The van der Waals surface area contributed by atoms with Gasteiger partial charge in [-0.25, -0.2) is 9.97 Å². The van der Waals surface area contributed by atoms with Gasteiger partial charge in [-0.05, 0) is 19.4 Å². The number of anilines is 1. The highest BCUT2D eigenvalue weighted by atomic mass is 16.1. The van der Waals surface area contributed by atoms with Gasteiger partial charge < -0.3 is 10.2 Å². The molecule has 0 spiro atoms. The average molecular weight is 284 g/mol. The fourth-order valence-corrected chi connectivity index (χ4v) is 2.06. The molecule has 0 radical (unpaired) electrons. The molecule has 1 amide bonds. The molecule has 0 aliphatic heterocycles. The van der Waals surface area contributed by atoms with E-state index in [0.717, 1.165) is 24.5 Å². The third kappa shape index (κ3) is 4.02. The summed E-state index contributed by atoms with van der Waals surface area (Å²) in [5.41, 5.74) is 1.45. The van der Waals surface area contributed by atoms with Gasteiger partial charge in [0, 0.05) is 25.7 Å². The van der Waals surface area contributed by atoms with Crippen molar-refractivity contribution in [1.82, 2.24) is 15.3 Å². The van der Waals surface area contributed by atoms with Crippen molar-refractivity contribution in [3.8, 4) is 0 Å². The number of carbonyl (C=O) groups excluding carboxylic acids is 1. The summed E-state index contributed by atoms with van der Waals surface area (Å²) >= 11 is 0. The molecular formula is C16H20N4O. The van der Waals surface area contributed by atoms with E-state index in [2.05, 4.69) is 34.0 Å². The zero-order valence-corrected chi connectivity index (χ0v) is 12.4. The molecule has 5 heteroatoms. The summed E-state index contributed by atoms with van der Waals surface area (Å²) in [5.74, 6) is 0.592. The zero-order chi connectivity index (χ0) is 15.1. The number of amides is 1. The lowest BCUT2D eigenvalue weighted by Crippen LogP contribution is -2.26. The molecule has 0 unspecified atom stereocenters. The second-order valence-electron chi connectivity index (χ2n) is 4.60. The van der Waals surface area contributed by atoms with E-state index in [0.29, 0.717) is 12.2 Å². The molecule has 0 bridgehead atoms. The molecule has 1 N–H and O–H groups in total. The standard InChI is InChI=1S/C16H20N4O/c1-3-20(4-2)15-10-14(18-12-19-15)16(21)17-11-13-8-6-5-7-9-13/h5-10,12H,3-4,11H2,1-2H3,(H,17,21). The van der Waals surface area contributed by atoms with Gasteiger partial charge in [0.2, 0.25) is 0 Å². The van der Waals surface area contributed by atoms with E-state index in [1.165, 1.54) is 6.33 Å². The highest BCUT2D eigenvalue weighted by Gasteiger charge is 2.11. The molecule has 0 saturated carbocycles. The first-order valence-electron chi connectivity index (χ1n) is 7.13. The first kappa shape index (κ1) is 15.0. The van der Waals surface area contributed by atoms with Crippen LogP contribution >= 0.6 is 0 Å². The van der Waals surface area contributed by atoms with Gasteiger partial charge in [-0.15, -0.1) is 0 Å². The molecule has 21 heavy (non-hydrogen) atoms. The van der Waals surface area contributed by atoms with Crippen LogP contribution in [0.3, 0.4) is 0 Å². The van der Waals surface area contributed by atoms with Crippen molar-refractivity contribution >= 4 is 11.7 Å². The molecule has 0 saturated heterocycles. The molecule has 1 heterocycles. The second kappa shape index (κ2) is 7.38. The van der Waals surface area contributed by atoms with Crippen molar-refractivity contribution in [3.63, 3.8) is 0 Å². The molecule has 2 rings (SSSR count). The van der Waals surface area contributed by atoms with E-state index in [1.807, 2.05) is 30.3 Å². The Bertz CT molecular complexity index is 582. The Morgan fingerprint density at radius 1 is 1.14 bits per heavy atom. The lowest BCUT2D eigenvalue weighted by molar-refractivity contribution is 0.0945. The summed E-state index contributed by atoms with van der Waals surface area (Å²) in [5, 5.41) is 2.87. The van der Waals surface area contributed by atoms with Gasteiger partial charge in [0.15, 0.2) is 0 Å². The third-order valence-corrected chi connectivity index (χ3v) is 3.27.